The summed E-state index contributed by atoms with van der Waals surface area (Å²) >= 11 is 0. The predicted molar refractivity (Wildman–Crippen MR) is 439 cm³/mol. The fourth-order valence-electron chi connectivity index (χ4n) is 13.0. The molecule has 32 heteroatoms. The van der Waals surface area contributed by atoms with E-state index < -0.39 is 47.5 Å². The monoisotopic (exact) mass is 1570 g/mol. The molecule has 8 aromatic carbocycles. The van der Waals surface area contributed by atoms with Crippen LogP contribution in [-0.4, -0.2) is 115 Å². The van der Waals surface area contributed by atoms with E-state index in [9.17, 15) is 24.0 Å². The number of anilines is 6. The second-order valence-corrected chi connectivity index (χ2v) is 26.7. The van der Waals surface area contributed by atoms with Crippen molar-refractivity contribution in [2.45, 2.75) is 85.8 Å². The number of nitrogens with two attached hydrogens (primary N) is 6. The number of carbonyl (C=O) groups excluding carboxylic acids is 6. The number of aromatic nitrogens is 8. The number of hydrogen-bond acceptors (Lipinski definition) is 22. The summed E-state index contributed by atoms with van der Waals surface area (Å²) in [5, 5.41) is 22.3. The van der Waals surface area contributed by atoms with Crippen molar-refractivity contribution in [1.82, 2.24) is 38.7 Å². The van der Waals surface area contributed by atoms with Gasteiger partial charge in [-0.2, -0.15) is 10.2 Å². The molecule has 0 aliphatic heterocycles. The van der Waals surface area contributed by atoms with Gasteiger partial charge in [0.2, 0.25) is 35.5 Å². The maximum absolute atomic E-state index is 15.4. The van der Waals surface area contributed by atoms with Crippen molar-refractivity contribution >= 4 is 92.2 Å². The minimum Gasteiger partial charge on any atom is -0.497 e. The maximum atomic E-state index is 15.4. The zero-order chi connectivity index (χ0) is 82.4. The van der Waals surface area contributed by atoms with Crippen LogP contribution in [0.15, 0.2) is 182 Å². The maximum Gasteiger partial charge on any atom is 0.276 e. The van der Waals surface area contributed by atoms with Gasteiger partial charge in [-0.05, 0) is 159 Å². The third-order valence-corrected chi connectivity index (χ3v) is 18.8. The summed E-state index contributed by atoms with van der Waals surface area (Å²) < 4.78 is 54.9. The summed E-state index contributed by atoms with van der Waals surface area (Å²) in [6, 6.07) is 41.1. The van der Waals surface area contributed by atoms with Crippen molar-refractivity contribution in [3.63, 3.8) is 0 Å². The van der Waals surface area contributed by atoms with Gasteiger partial charge >= 0.3 is 0 Å². The molecule has 32 nitrogen and oxygen atoms in total. The van der Waals surface area contributed by atoms with Crippen molar-refractivity contribution in [3.05, 3.63) is 249 Å². The first-order valence-electron chi connectivity index (χ1n) is 36.7. The van der Waals surface area contributed by atoms with E-state index in [0.717, 1.165) is 11.1 Å². The Labute approximate surface area is 666 Å². The third-order valence-electron chi connectivity index (χ3n) is 18.8. The topological polar surface area (TPSA) is 452 Å². The van der Waals surface area contributed by atoms with E-state index in [1.54, 1.807) is 165 Å². The van der Waals surface area contributed by atoms with Gasteiger partial charge in [-0.15, -0.1) is 0 Å². The van der Waals surface area contributed by atoms with Gasteiger partial charge in [0.25, 0.3) is 11.8 Å². The molecule has 2 atom stereocenters. The lowest BCUT2D eigenvalue weighted by Gasteiger charge is -2.30. The molecule has 0 aliphatic carbocycles. The number of nitrogen functional groups attached to an aromatic ring is 2. The van der Waals surface area contributed by atoms with Gasteiger partial charge in [0.05, 0.1) is 74.3 Å². The lowest BCUT2D eigenvalue weighted by Crippen LogP contribution is -2.31. The molecule has 2 unspecified atom stereocenters. The molecule has 0 bridgehead atoms. The molecule has 116 heavy (non-hydrogen) atoms. The zero-order valence-corrected chi connectivity index (χ0v) is 64.9. The zero-order valence-electron chi connectivity index (χ0n) is 64.9. The standard InChI is InChI=1S/C84H88N18O14/c1-9-100-67(33-47(3)97-100)81(107)95-83-93-64-37-55(79(89)105)41-71(115-45-51-19-27-59(111-7)28-20-51)75(64)99(83)32-12-14-66(102-76-65(94-84(102)96-82(108)68-34-48(4)98-101(68)10-2)38-56(80(90)106)42-72(76)116-46-52-21-29-60(112-8)30-22-52)63(92-74-62(86)36-54(78(88)104)40-70(74)114-44-50-17-25-58(110-6)26-18-50)13-11-31-91-73-61(85)35-53(77(87)103)39-69(73)113-43-49-15-23-57(109-5)24-16-49/h11-30,33-42,63,66,91-92H,9-10,31-32,43-46,85-86H2,1-8H3,(H2,87,103)(H2,88,104)(H2,89,105)(H2,90,106)(H,93,95,107)(H,94,96,108)/b13-11+,14-12+. The summed E-state index contributed by atoms with van der Waals surface area (Å²) in [5.74, 6) is -1.78. The van der Waals surface area contributed by atoms with Crippen LogP contribution in [0.2, 0.25) is 0 Å². The van der Waals surface area contributed by atoms with Crippen LogP contribution in [0.25, 0.3) is 22.1 Å². The number of hydrogen-bond donors (Lipinski definition) is 10. The highest BCUT2D eigenvalue weighted by molar-refractivity contribution is 6.06. The Bertz CT molecular complexity index is 5710. The lowest BCUT2D eigenvalue weighted by molar-refractivity contribution is 0.0991. The molecule has 0 fully saturated rings. The van der Waals surface area contributed by atoms with Gasteiger partial charge in [-0.25, -0.2) is 9.97 Å². The van der Waals surface area contributed by atoms with E-state index in [-0.39, 0.29) is 154 Å². The highest BCUT2D eigenvalue weighted by atomic mass is 16.5. The third kappa shape index (κ3) is 18.6. The van der Waals surface area contributed by atoms with E-state index in [2.05, 4.69) is 31.5 Å². The van der Waals surface area contributed by atoms with Gasteiger partial charge in [0.15, 0.2) is 0 Å². The Morgan fingerprint density at radius 2 is 0.819 bits per heavy atom. The van der Waals surface area contributed by atoms with Crippen LogP contribution in [0.4, 0.5) is 34.6 Å². The van der Waals surface area contributed by atoms with Gasteiger partial charge in [-0.1, -0.05) is 72.8 Å². The number of imidazole rings is 2. The van der Waals surface area contributed by atoms with E-state index in [1.165, 1.54) is 53.2 Å². The molecule has 0 saturated heterocycles. The van der Waals surface area contributed by atoms with Crippen LogP contribution >= 0.6 is 0 Å². The predicted octanol–water partition coefficient (Wildman–Crippen LogP) is 10.8. The smallest absolute Gasteiger partial charge is 0.276 e. The largest absolute Gasteiger partial charge is 0.497 e. The molecule has 12 aromatic rings. The number of rotatable bonds is 37. The number of carbonyl (C=O) groups is 6. The van der Waals surface area contributed by atoms with Gasteiger partial charge in [-0.3, -0.25) is 53.3 Å². The quantitative estimate of drug-likeness (QED) is 0.0128. The summed E-state index contributed by atoms with van der Waals surface area (Å²) in [6.07, 6.45) is 7.07. The van der Waals surface area contributed by atoms with Crippen molar-refractivity contribution in [1.29, 1.82) is 0 Å². The number of benzene rings is 8. The van der Waals surface area contributed by atoms with Gasteiger partial charge in [0.1, 0.15) is 106 Å². The Morgan fingerprint density at radius 1 is 0.448 bits per heavy atom. The Balaban J connectivity index is 1.11. The number of ether oxygens (including phenoxy) is 8. The number of amides is 6. The van der Waals surface area contributed by atoms with Crippen molar-refractivity contribution in [2.75, 3.05) is 67.7 Å². The Kier molecular flexibility index (Phi) is 25.0. The molecule has 4 heterocycles. The molecule has 6 amide bonds. The Morgan fingerprint density at radius 3 is 1.24 bits per heavy atom. The molecular formula is C84H88N18O14. The van der Waals surface area contributed by atoms with Crippen LogP contribution in [0, 0.1) is 13.8 Å². The summed E-state index contributed by atoms with van der Waals surface area (Å²) in [7, 11) is 6.20. The average Bonchev–Trinajstić information content (AvgIpc) is 1.58. The van der Waals surface area contributed by atoms with Crippen LogP contribution in [-0.2, 0) is 46.1 Å². The highest BCUT2D eigenvalue weighted by Gasteiger charge is 2.32. The van der Waals surface area contributed by atoms with Crippen LogP contribution < -0.4 is 93.6 Å². The fourth-order valence-corrected chi connectivity index (χ4v) is 13.0. The number of fused-ring (bicyclic) bond motifs is 2. The summed E-state index contributed by atoms with van der Waals surface area (Å²) in [5.41, 5.74) is 43.9. The van der Waals surface area contributed by atoms with Crippen LogP contribution in [0.1, 0.15) is 116 Å². The molecule has 0 spiro atoms. The average molecular weight is 1570 g/mol. The van der Waals surface area contributed by atoms with Gasteiger partial charge < -0.3 is 87.5 Å². The van der Waals surface area contributed by atoms with Gasteiger partial charge in [0, 0.05) is 48.4 Å². The Hall–Kier alpha value is -15.0. The number of methoxy groups -OCH3 is 4. The number of aryl methyl sites for hydroxylation is 4. The summed E-state index contributed by atoms with van der Waals surface area (Å²) in [6.45, 7) is 7.38. The number of nitrogens with one attached hydrogen (secondary N) is 4. The second kappa shape index (κ2) is 36.0. The minimum atomic E-state index is -1.28. The van der Waals surface area contributed by atoms with Crippen LogP contribution in [0.3, 0.4) is 0 Å². The van der Waals surface area contributed by atoms with Crippen molar-refractivity contribution in [3.8, 4) is 46.0 Å². The molecule has 0 radical (unpaired) electrons. The number of nitrogens with zero attached hydrogens (tertiary/aromatic N) is 8. The first-order chi connectivity index (χ1) is 55.9. The number of primary amides is 4. The molecule has 16 N–H and O–H groups in total. The summed E-state index contributed by atoms with van der Waals surface area (Å²) in [4.78, 5) is 93.6. The van der Waals surface area contributed by atoms with E-state index in [0.29, 0.717) is 57.6 Å². The lowest BCUT2D eigenvalue weighted by atomic mass is 10.0. The first kappa shape index (κ1) is 80.5. The number of allylic oxidation sites excluding steroid dienone is 1. The van der Waals surface area contributed by atoms with Crippen molar-refractivity contribution in [2.24, 2.45) is 22.9 Å². The first-order valence-corrected chi connectivity index (χ1v) is 36.7. The highest BCUT2D eigenvalue weighted by Crippen LogP contribution is 2.42. The van der Waals surface area contributed by atoms with E-state index >= 15 is 4.79 Å². The van der Waals surface area contributed by atoms with Crippen molar-refractivity contribution < 1.29 is 66.7 Å². The second-order valence-electron chi connectivity index (χ2n) is 26.7. The van der Waals surface area contributed by atoms with E-state index in [1.807, 2.05) is 38.1 Å². The molecule has 0 saturated carbocycles. The molecule has 0 aliphatic rings. The van der Waals surface area contributed by atoms with Crippen LogP contribution in [0.5, 0.6) is 46.0 Å². The van der Waals surface area contributed by atoms with E-state index in [4.69, 9.17) is 82.3 Å². The molecule has 4 aromatic heterocycles. The molecule has 12 rings (SSSR count). The normalized spacial score (nSPS) is 11.8. The SMILES string of the molecule is CCn1nc(C)cc1C(=O)Nc1nc2cc(C(N)=O)cc(OCc3ccc(OC)cc3)c2n1C/C=C/C(C(/C=C/CNc1c(N)cc(C(N)=O)cc1OCc1ccc(OC)cc1)Nc1c(N)cc(C(N)=O)cc1OCc1ccc(OC)cc1)n1c(NC(=O)c2cc(C)nn2CC)nc2cc(C(N)=O)cc(OCc3ccc(OC)cc3)c21. The minimum absolute atomic E-state index is 0.00780. The molecular weight excluding hydrogens is 1490 g/mol. The fraction of sp³-hybridized carbons (Fsp3) is 0.214. The molecule has 598 valence electrons.